The molecular formula is C25H20ClN3O4. The van der Waals surface area contributed by atoms with Gasteiger partial charge in [-0.1, -0.05) is 48.0 Å². The number of carbonyl (C=O) groups excluding carboxylic acids is 1. The van der Waals surface area contributed by atoms with Gasteiger partial charge in [0.2, 0.25) is 5.88 Å². The van der Waals surface area contributed by atoms with Crippen LogP contribution in [-0.2, 0) is 4.79 Å². The number of fused-ring (bicyclic) bond motifs is 6. The van der Waals surface area contributed by atoms with E-state index < -0.39 is 0 Å². The smallest absolute Gasteiger partial charge is 0.336 e. The molecule has 0 saturated carbocycles. The summed E-state index contributed by atoms with van der Waals surface area (Å²) in [7, 11) is 0. The summed E-state index contributed by atoms with van der Waals surface area (Å²) < 4.78 is 8.62. The van der Waals surface area contributed by atoms with Gasteiger partial charge in [-0.25, -0.2) is 9.36 Å². The Balaban J connectivity index is 1.32. The van der Waals surface area contributed by atoms with Crippen LogP contribution >= 0.6 is 11.6 Å². The third-order valence-electron chi connectivity index (χ3n) is 6.56. The van der Waals surface area contributed by atoms with Crippen LogP contribution in [0.2, 0.25) is 5.02 Å². The van der Waals surface area contributed by atoms with Crippen molar-refractivity contribution in [3.05, 3.63) is 87.9 Å². The Morgan fingerprint density at radius 2 is 1.82 bits per heavy atom. The molecule has 166 valence electrons. The van der Waals surface area contributed by atoms with Gasteiger partial charge in [0, 0.05) is 17.0 Å². The molecule has 1 aromatic heterocycles. The number of amides is 1. The van der Waals surface area contributed by atoms with E-state index in [1.54, 1.807) is 33.7 Å². The Kier molecular flexibility index (Phi) is 4.48. The van der Waals surface area contributed by atoms with E-state index in [9.17, 15) is 14.7 Å². The largest absolute Gasteiger partial charge is 0.493 e. The summed E-state index contributed by atoms with van der Waals surface area (Å²) >= 11 is 5.89. The lowest BCUT2D eigenvalue weighted by atomic mass is 10.1. The van der Waals surface area contributed by atoms with Gasteiger partial charge in [-0.3, -0.25) is 9.36 Å². The molecule has 1 N–H and O–H groups in total. The predicted octanol–water partition coefficient (Wildman–Crippen LogP) is 4.06. The van der Waals surface area contributed by atoms with Crippen LogP contribution in [0.1, 0.15) is 24.2 Å². The third kappa shape index (κ3) is 3.03. The minimum absolute atomic E-state index is 0.111. The lowest BCUT2D eigenvalue weighted by Crippen LogP contribution is -2.40. The van der Waals surface area contributed by atoms with Crippen molar-refractivity contribution in [3.63, 3.8) is 0 Å². The molecule has 33 heavy (non-hydrogen) atoms. The molecule has 2 bridgehead atoms. The first-order chi connectivity index (χ1) is 16.0. The molecule has 1 saturated heterocycles. The molecule has 0 spiro atoms. The van der Waals surface area contributed by atoms with Crippen molar-refractivity contribution in [2.75, 3.05) is 13.2 Å². The van der Waals surface area contributed by atoms with Crippen LogP contribution in [0.4, 0.5) is 0 Å². The number of likely N-dealkylation sites (tertiary alicyclic amines) is 1. The molecule has 3 aromatic carbocycles. The molecule has 1 fully saturated rings. The van der Waals surface area contributed by atoms with E-state index in [0.29, 0.717) is 35.1 Å². The second-order valence-corrected chi connectivity index (χ2v) is 8.83. The van der Waals surface area contributed by atoms with Crippen LogP contribution in [0.15, 0.2) is 71.5 Å². The van der Waals surface area contributed by atoms with Gasteiger partial charge in [0.05, 0.1) is 17.8 Å². The van der Waals surface area contributed by atoms with E-state index in [-0.39, 0.29) is 36.2 Å². The summed E-state index contributed by atoms with van der Waals surface area (Å²) in [5.41, 5.74) is 0.834. The van der Waals surface area contributed by atoms with E-state index in [4.69, 9.17) is 16.3 Å². The molecular weight excluding hydrogens is 442 g/mol. The monoisotopic (exact) mass is 461 g/mol. The molecule has 6 rings (SSSR count). The van der Waals surface area contributed by atoms with Gasteiger partial charge in [-0.2, -0.15) is 0 Å². The molecule has 2 atom stereocenters. The third-order valence-corrected chi connectivity index (χ3v) is 6.81. The molecule has 0 radical (unpaired) electrons. The zero-order chi connectivity index (χ0) is 22.7. The summed E-state index contributed by atoms with van der Waals surface area (Å²) in [6.45, 7) is 0.291. The number of aromatic nitrogens is 2. The Labute approximate surface area is 194 Å². The van der Waals surface area contributed by atoms with Crippen LogP contribution in [0.25, 0.3) is 16.5 Å². The van der Waals surface area contributed by atoms with Crippen molar-refractivity contribution in [1.29, 1.82) is 0 Å². The number of hydrogen-bond acceptors (Lipinski definition) is 4. The number of benzene rings is 3. The van der Waals surface area contributed by atoms with E-state index in [1.165, 1.54) is 4.57 Å². The molecule has 4 aromatic rings. The number of imidazole rings is 1. The van der Waals surface area contributed by atoms with Gasteiger partial charge in [0.15, 0.2) is 6.61 Å². The summed E-state index contributed by atoms with van der Waals surface area (Å²) in [4.78, 5) is 28.0. The molecule has 7 nitrogen and oxygen atoms in total. The zero-order valence-corrected chi connectivity index (χ0v) is 18.3. The van der Waals surface area contributed by atoms with Crippen LogP contribution in [-0.4, -0.2) is 38.2 Å². The number of halogens is 1. The summed E-state index contributed by atoms with van der Waals surface area (Å²) in [6.07, 6.45) is 0.612. The molecule has 2 aliphatic heterocycles. The number of aromatic hydroxyl groups is 1. The summed E-state index contributed by atoms with van der Waals surface area (Å²) in [5, 5.41) is 13.6. The van der Waals surface area contributed by atoms with Gasteiger partial charge < -0.3 is 14.7 Å². The van der Waals surface area contributed by atoms with E-state index in [2.05, 4.69) is 0 Å². The lowest BCUT2D eigenvalue weighted by molar-refractivity contribution is -0.134. The Hall–Kier alpha value is -3.71. The molecule has 0 aliphatic carbocycles. The van der Waals surface area contributed by atoms with Crippen molar-refractivity contribution in [2.45, 2.75) is 18.5 Å². The van der Waals surface area contributed by atoms with Crippen molar-refractivity contribution in [2.24, 2.45) is 0 Å². The number of ether oxygens (including phenoxy) is 1. The van der Waals surface area contributed by atoms with E-state index in [0.717, 1.165) is 10.8 Å². The maximum Gasteiger partial charge on any atom is 0.336 e. The van der Waals surface area contributed by atoms with Crippen molar-refractivity contribution < 1.29 is 14.6 Å². The maximum absolute atomic E-state index is 13.4. The Bertz CT molecular complexity index is 1450. The highest BCUT2D eigenvalue weighted by Crippen LogP contribution is 2.48. The molecule has 1 amide bonds. The van der Waals surface area contributed by atoms with Gasteiger partial charge in [-0.15, -0.1) is 0 Å². The SMILES string of the molecule is O=C(COc1ccc(Cl)cc1)N1C[C@H]2CC1c1c(O)n(-c3cccc4ccccc34)c(=O)n12. The first-order valence-corrected chi connectivity index (χ1v) is 11.1. The standard InChI is InChI=1S/C25H20ClN3O4/c26-16-8-10-18(11-9-16)33-14-22(30)27-13-17-12-21(27)23-24(31)29(25(32)28(17)23)20-7-3-5-15-4-1-2-6-19(15)20/h1-11,17,21,31H,12-14H2/t17-,21?/m1/s1. The van der Waals surface area contributed by atoms with Gasteiger partial charge in [0.25, 0.3) is 5.91 Å². The van der Waals surface area contributed by atoms with Crippen LogP contribution < -0.4 is 10.4 Å². The maximum atomic E-state index is 13.4. The minimum atomic E-state index is -0.361. The fourth-order valence-corrected chi connectivity index (χ4v) is 5.23. The first kappa shape index (κ1) is 19.9. The topological polar surface area (TPSA) is 76.7 Å². The highest BCUT2D eigenvalue weighted by molar-refractivity contribution is 6.30. The minimum Gasteiger partial charge on any atom is -0.493 e. The molecule has 3 heterocycles. The number of hydrogen-bond donors (Lipinski definition) is 1. The Morgan fingerprint density at radius 3 is 2.64 bits per heavy atom. The fraction of sp³-hybridized carbons (Fsp3) is 0.200. The Morgan fingerprint density at radius 1 is 1.06 bits per heavy atom. The van der Waals surface area contributed by atoms with E-state index >= 15 is 0 Å². The summed E-state index contributed by atoms with van der Waals surface area (Å²) in [5.74, 6) is 0.257. The molecule has 2 aliphatic rings. The van der Waals surface area contributed by atoms with Crippen molar-refractivity contribution in [3.8, 4) is 17.3 Å². The molecule has 1 unspecified atom stereocenters. The fourth-order valence-electron chi connectivity index (χ4n) is 5.10. The predicted molar refractivity (Wildman–Crippen MR) is 124 cm³/mol. The number of carbonyl (C=O) groups is 1. The van der Waals surface area contributed by atoms with Crippen LogP contribution in [0.5, 0.6) is 11.6 Å². The quantitative estimate of drug-likeness (QED) is 0.497. The number of nitrogens with zero attached hydrogens (tertiary/aromatic N) is 3. The van der Waals surface area contributed by atoms with Gasteiger partial charge >= 0.3 is 5.69 Å². The highest BCUT2D eigenvalue weighted by Gasteiger charge is 2.49. The number of rotatable bonds is 4. The zero-order valence-electron chi connectivity index (χ0n) is 17.5. The second-order valence-electron chi connectivity index (χ2n) is 8.39. The van der Waals surface area contributed by atoms with Crippen LogP contribution in [0, 0.1) is 0 Å². The van der Waals surface area contributed by atoms with Gasteiger partial charge in [0.1, 0.15) is 11.4 Å². The van der Waals surface area contributed by atoms with Crippen LogP contribution in [0.3, 0.4) is 0 Å². The average molecular weight is 462 g/mol. The first-order valence-electron chi connectivity index (χ1n) is 10.7. The second kappa shape index (κ2) is 7.42. The highest BCUT2D eigenvalue weighted by atomic mass is 35.5. The normalized spacial score (nSPS) is 18.6. The molecule has 8 heteroatoms. The lowest BCUT2D eigenvalue weighted by Gasteiger charge is -2.27. The summed E-state index contributed by atoms with van der Waals surface area (Å²) in [6, 6.07) is 19.7. The average Bonchev–Trinajstić information content (AvgIpc) is 3.49. The van der Waals surface area contributed by atoms with Crippen molar-refractivity contribution in [1.82, 2.24) is 14.0 Å². The van der Waals surface area contributed by atoms with Crippen molar-refractivity contribution >= 4 is 28.3 Å². The van der Waals surface area contributed by atoms with Gasteiger partial charge in [-0.05, 0) is 42.1 Å². The van der Waals surface area contributed by atoms with E-state index in [1.807, 2.05) is 42.5 Å².